The number of carbonyl (C=O) groups excluding carboxylic acids is 1. The lowest BCUT2D eigenvalue weighted by atomic mass is 9.71. The van der Waals surface area contributed by atoms with E-state index < -0.39 is 11.6 Å². The highest BCUT2D eigenvalue weighted by molar-refractivity contribution is 5.95. The number of likely N-dealkylation sites (tertiary alicyclic amines) is 2. The minimum absolute atomic E-state index is 0.185. The number of aryl methyl sites for hydroxylation is 1. The Bertz CT molecular complexity index is 657. The molecule has 0 radical (unpaired) electrons. The SMILES string of the molecule is COC[C@@H]1CN(C)CC12CCN(C(=O)c1cc(F)c(F)cc1C)CC2. The lowest BCUT2D eigenvalue weighted by Crippen LogP contribution is -2.47. The summed E-state index contributed by atoms with van der Waals surface area (Å²) in [6, 6.07) is 2.11. The predicted molar refractivity (Wildman–Crippen MR) is 91.5 cm³/mol. The molecule has 2 aliphatic heterocycles. The van der Waals surface area contributed by atoms with Gasteiger partial charge in [-0.2, -0.15) is 0 Å². The lowest BCUT2D eigenvalue weighted by molar-refractivity contribution is 0.0324. The third-order valence-corrected chi connectivity index (χ3v) is 5.89. The van der Waals surface area contributed by atoms with Gasteiger partial charge in [-0.25, -0.2) is 8.78 Å². The Hall–Kier alpha value is -1.53. The molecule has 3 rings (SSSR count). The molecule has 0 aromatic heterocycles. The zero-order valence-electron chi connectivity index (χ0n) is 15.1. The van der Waals surface area contributed by atoms with Gasteiger partial charge in [-0.3, -0.25) is 4.79 Å². The summed E-state index contributed by atoms with van der Waals surface area (Å²) in [6.07, 6.45) is 1.83. The third kappa shape index (κ3) is 3.42. The second-order valence-electron chi connectivity index (χ2n) is 7.58. The minimum Gasteiger partial charge on any atom is -0.384 e. The van der Waals surface area contributed by atoms with E-state index in [1.165, 1.54) is 0 Å². The van der Waals surface area contributed by atoms with Crippen LogP contribution in [0.25, 0.3) is 0 Å². The molecule has 1 atom stereocenters. The molecule has 1 aromatic carbocycles. The van der Waals surface area contributed by atoms with E-state index in [0.29, 0.717) is 24.6 Å². The normalized spacial score (nSPS) is 23.4. The van der Waals surface area contributed by atoms with Crippen LogP contribution in [0.2, 0.25) is 0 Å². The van der Waals surface area contributed by atoms with Crippen LogP contribution in [0, 0.1) is 29.9 Å². The molecule has 1 amide bonds. The van der Waals surface area contributed by atoms with Gasteiger partial charge >= 0.3 is 0 Å². The third-order valence-electron chi connectivity index (χ3n) is 5.89. The second-order valence-corrected chi connectivity index (χ2v) is 7.58. The van der Waals surface area contributed by atoms with Gasteiger partial charge in [0.1, 0.15) is 0 Å². The van der Waals surface area contributed by atoms with Gasteiger partial charge in [0, 0.05) is 44.8 Å². The Kier molecular flexibility index (Phi) is 5.11. The number of carbonyl (C=O) groups is 1. The molecule has 2 aliphatic rings. The number of benzene rings is 1. The summed E-state index contributed by atoms with van der Waals surface area (Å²) in [5.41, 5.74) is 0.916. The standard InChI is InChI=1S/C19H26F2N2O2/c1-13-8-16(20)17(21)9-15(13)18(24)23-6-4-19(5-7-23)12-22(2)10-14(19)11-25-3/h8-9,14H,4-7,10-12H2,1-3H3/t14-/m0/s1. The van der Waals surface area contributed by atoms with E-state index in [-0.39, 0.29) is 16.9 Å². The highest BCUT2D eigenvalue weighted by atomic mass is 19.2. The van der Waals surface area contributed by atoms with Crippen molar-refractivity contribution in [3.05, 3.63) is 34.9 Å². The largest absolute Gasteiger partial charge is 0.384 e. The Labute approximate surface area is 147 Å². The first kappa shape index (κ1) is 18.3. The Morgan fingerprint density at radius 1 is 1.28 bits per heavy atom. The Balaban J connectivity index is 1.72. The van der Waals surface area contributed by atoms with Gasteiger partial charge in [-0.1, -0.05) is 0 Å². The minimum atomic E-state index is -0.972. The van der Waals surface area contributed by atoms with Crippen LogP contribution in [-0.2, 0) is 4.74 Å². The number of ether oxygens (including phenoxy) is 1. The van der Waals surface area contributed by atoms with Crippen molar-refractivity contribution >= 4 is 5.91 Å². The molecular weight excluding hydrogens is 326 g/mol. The molecule has 6 heteroatoms. The molecule has 2 saturated heterocycles. The molecule has 2 heterocycles. The Morgan fingerprint density at radius 3 is 2.56 bits per heavy atom. The molecule has 4 nitrogen and oxygen atoms in total. The van der Waals surface area contributed by atoms with Gasteiger partial charge < -0.3 is 14.5 Å². The van der Waals surface area contributed by atoms with Crippen LogP contribution in [0.15, 0.2) is 12.1 Å². The van der Waals surface area contributed by atoms with E-state index in [1.807, 2.05) is 0 Å². The number of rotatable bonds is 3. The molecule has 2 fully saturated rings. The van der Waals surface area contributed by atoms with Crippen LogP contribution in [0.1, 0.15) is 28.8 Å². The van der Waals surface area contributed by atoms with Gasteiger partial charge in [0.2, 0.25) is 0 Å². The fourth-order valence-corrected chi connectivity index (χ4v) is 4.50. The molecule has 1 aromatic rings. The average Bonchev–Trinajstić information content (AvgIpc) is 2.86. The van der Waals surface area contributed by atoms with Crippen molar-refractivity contribution in [3.63, 3.8) is 0 Å². The lowest BCUT2D eigenvalue weighted by Gasteiger charge is -2.42. The van der Waals surface area contributed by atoms with Crippen LogP contribution in [0.3, 0.4) is 0 Å². The molecule has 0 bridgehead atoms. The summed E-state index contributed by atoms with van der Waals surface area (Å²) in [4.78, 5) is 16.9. The number of hydrogen-bond donors (Lipinski definition) is 0. The molecule has 138 valence electrons. The van der Waals surface area contributed by atoms with Crippen molar-refractivity contribution in [2.75, 3.05) is 46.9 Å². The predicted octanol–water partition coefficient (Wildman–Crippen LogP) is 2.70. The molecule has 25 heavy (non-hydrogen) atoms. The van der Waals surface area contributed by atoms with Gasteiger partial charge in [0.25, 0.3) is 5.91 Å². The molecule has 0 unspecified atom stereocenters. The van der Waals surface area contributed by atoms with Crippen molar-refractivity contribution in [2.45, 2.75) is 19.8 Å². The molecule has 0 saturated carbocycles. The zero-order chi connectivity index (χ0) is 18.2. The van der Waals surface area contributed by atoms with Crippen LogP contribution in [-0.4, -0.2) is 62.7 Å². The summed E-state index contributed by atoms with van der Waals surface area (Å²) in [5.74, 6) is -1.62. The monoisotopic (exact) mass is 352 g/mol. The van der Waals surface area contributed by atoms with E-state index in [1.54, 1.807) is 18.9 Å². The smallest absolute Gasteiger partial charge is 0.254 e. The van der Waals surface area contributed by atoms with Crippen molar-refractivity contribution in [1.29, 1.82) is 0 Å². The number of nitrogens with zero attached hydrogens (tertiary/aromatic N) is 2. The maximum atomic E-state index is 13.5. The maximum absolute atomic E-state index is 13.5. The van der Waals surface area contributed by atoms with Crippen LogP contribution < -0.4 is 0 Å². The van der Waals surface area contributed by atoms with Crippen molar-refractivity contribution < 1.29 is 18.3 Å². The van der Waals surface area contributed by atoms with Crippen molar-refractivity contribution in [2.24, 2.45) is 11.3 Å². The first-order chi connectivity index (χ1) is 11.9. The van der Waals surface area contributed by atoms with E-state index in [4.69, 9.17) is 4.74 Å². The van der Waals surface area contributed by atoms with E-state index >= 15 is 0 Å². The molecule has 0 aliphatic carbocycles. The van der Waals surface area contributed by atoms with Crippen molar-refractivity contribution in [1.82, 2.24) is 9.80 Å². The van der Waals surface area contributed by atoms with Gasteiger partial charge in [-0.15, -0.1) is 0 Å². The quantitative estimate of drug-likeness (QED) is 0.839. The number of piperidine rings is 1. The molecule has 0 N–H and O–H groups in total. The number of hydrogen-bond acceptors (Lipinski definition) is 3. The summed E-state index contributed by atoms with van der Waals surface area (Å²) < 4.78 is 32.2. The summed E-state index contributed by atoms with van der Waals surface area (Å²) >= 11 is 0. The summed E-state index contributed by atoms with van der Waals surface area (Å²) in [6.45, 7) is 5.70. The molecular formula is C19H26F2N2O2. The van der Waals surface area contributed by atoms with Crippen molar-refractivity contribution in [3.8, 4) is 0 Å². The highest BCUT2D eigenvalue weighted by Gasteiger charge is 2.47. The highest BCUT2D eigenvalue weighted by Crippen LogP contribution is 2.44. The number of amides is 1. The number of halogens is 2. The van der Waals surface area contributed by atoms with Gasteiger partial charge in [0.15, 0.2) is 11.6 Å². The van der Waals surface area contributed by atoms with Gasteiger partial charge in [0.05, 0.1) is 6.61 Å². The molecule has 1 spiro atoms. The fraction of sp³-hybridized carbons (Fsp3) is 0.632. The first-order valence-electron chi connectivity index (χ1n) is 8.79. The van der Waals surface area contributed by atoms with Crippen LogP contribution >= 0.6 is 0 Å². The first-order valence-corrected chi connectivity index (χ1v) is 8.79. The average molecular weight is 352 g/mol. The topological polar surface area (TPSA) is 32.8 Å². The number of methoxy groups -OCH3 is 1. The zero-order valence-corrected chi connectivity index (χ0v) is 15.1. The summed E-state index contributed by atoms with van der Waals surface area (Å²) in [7, 11) is 3.86. The Morgan fingerprint density at radius 2 is 1.92 bits per heavy atom. The van der Waals surface area contributed by atoms with Crippen LogP contribution in [0.5, 0.6) is 0 Å². The van der Waals surface area contributed by atoms with Gasteiger partial charge in [-0.05, 0) is 49.9 Å². The fourth-order valence-electron chi connectivity index (χ4n) is 4.50. The summed E-state index contributed by atoms with van der Waals surface area (Å²) in [5, 5.41) is 0. The van der Waals surface area contributed by atoms with Crippen LogP contribution in [0.4, 0.5) is 8.78 Å². The second kappa shape index (κ2) is 7.00. The van der Waals surface area contributed by atoms with E-state index in [9.17, 15) is 13.6 Å². The van der Waals surface area contributed by atoms with E-state index in [0.717, 1.165) is 44.7 Å². The van der Waals surface area contributed by atoms with E-state index in [2.05, 4.69) is 11.9 Å². The maximum Gasteiger partial charge on any atom is 0.254 e.